The van der Waals surface area contributed by atoms with Crippen molar-refractivity contribution in [1.82, 2.24) is 0 Å². The Bertz CT molecular complexity index is 626. The Labute approximate surface area is 140 Å². The first-order valence-corrected chi connectivity index (χ1v) is 8.65. The summed E-state index contributed by atoms with van der Waals surface area (Å²) in [5.41, 5.74) is 3.45. The summed E-state index contributed by atoms with van der Waals surface area (Å²) in [4.78, 5) is 0. The molecule has 2 aromatic carbocycles. The molecular weight excluding hydrogens is 280 g/mol. The summed E-state index contributed by atoms with van der Waals surface area (Å²) in [5.74, 6) is 7.36. The molecular formula is C22H26O. The molecule has 0 spiro atoms. The molecule has 0 aliphatic rings. The molecule has 0 bridgehead atoms. The molecule has 0 aliphatic heterocycles. The molecule has 0 saturated heterocycles. The van der Waals surface area contributed by atoms with Crippen LogP contribution in [0.2, 0.25) is 0 Å². The Hall–Kier alpha value is -2.20. The molecule has 0 heterocycles. The number of unbranched alkanes of at least 4 members (excludes halogenated alkanes) is 2. The zero-order valence-electron chi connectivity index (χ0n) is 14.3. The number of ether oxygens (including phenoxy) is 1. The van der Waals surface area contributed by atoms with E-state index < -0.39 is 0 Å². The van der Waals surface area contributed by atoms with Crippen LogP contribution in [-0.2, 0) is 6.42 Å². The fourth-order valence-electron chi connectivity index (χ4n) is 2.36. The maximum absolute atomic E-state index is 5.71. The second kappa shape index (κ2) is 9.74. The summed E-state index contributed by atoms with van der Waals surface area (Å²) in [7, 11) is 0. The van der Waals surface area contributed by atoms with E-state index in [1.807, 2.05) is 24.3 Å². The first-order valence-electron chi connectivity index (χ1n) is 8.65. The second-order valence-corrected chi connectivity index (χ2v) is 5.78. The summed E-state index contributed by atoms with van der Waals surface area (Å²) >= 11 is 0. The molecule has 0 aromatic heterocycles. The van der Waals surface area contributed by atoms with Gasteiger partial charge in [0.25, 0.3) is 0 Å². The molecule has 0 atom stereocenters. The van der Waals surface area contributed by atoms with Crippen molar-refractivity contribution in [3.8, 4) is 17.6 Å². The molecule has 1 heteroatoms. The largest absolute Gasteiger partial charge is 0.494 e. The average molecular weight is 306 g/mol. The Morgan fingerprint density at radius 3 is 1.91 bits per heavy atom. The zero-order valence-corrected chi connectivity index (χ0v) is 14.3. The van der Waals surface area contributed by atoms with E-state index in [2.05, 4.69) is 50.0 Å². The molecule has 0 amide bonds. The van der Waals surface area contributed by atoms with Gasteiger partial charge in [0.05, 0.1) is 6.61 Å². The van der Waals surface area contributed by atoms with E-state index in [4.69, 9.17) is 4.74 Å². The van der Waals surface area contributed by atoms with Crippen LogP contribution in [0.5, 0.6) is 5.75 Å². The fourth-order valence-corrected chi connectivity index (χ4v) is 2.36. The lowest BCUT2D eigenvalue weighted by Crippen LogP contribution is -1.96. The Kier molecular flexibility index (Phi) is 7.27. The van der Waals surface area contributed by atoms with Gasteiger partial charge in [-0.25, -0.2) is 0 Å². The summed E-state index contributed by atoms with van der Waals surface area (Å²) in [6.45, 7) is 5.19. The van der Waals surface area contributed by atoms with Crippen LogP contribution in [0.3, 0.4) is 0 Å². The zero-order chi connectivity index (χ0) is 16.3. The van der Waals surface area contributed by atoms with Crippen LogP contribution in [0, 0.1) is 11.8 Å². The third-order valence-corrected chi connectivity index (χ3v) is 3.71. The predicted molar refractivity (Wildman–Crippen MR) is 97.9 cm³/mol. The lowest BCUT2D eigenvalue weighted by molar-refractivity contribution is 0.306. The van der Waals surface area contributed by atoms with Crippen LogP contribution in [0.4, 0.5) is 0 Å². The van der Waals surface area contributed by atoms with Gasteiger partial charge in [-0.1, -0.05) is 57.1 Å². The molecule has 120 valence electrons. The lowest BCUT2D eigenvalue weighted by Gasteiger charge is -2.05. The van der Waals surface area contributed by atoms with Crippen LogP contribution in [0.25, 0.3) is 0 Å². The van der Waals surface area contributed by atoms with Crippen molar-refractivity contribution >= 4 is 0 Å². The Balaban J connectivity index is 1.90. The van der Waals surface area contributed by atoms with E-state index >= 15 is 0 Å². The van der Waals surface area contributed by atoms with Crippen molar-refractivity contribution in [2.24, 2.45) is 0 Å². The van der Waals surface area contributed by atoms with Gasteiger partial charge >= 0.3 is 0 Å². The van der Waals surface area contributed by atoms with Crippen molar-refractivity contribution in [2.75, 3.05) is 6.61 Å². The summed E-state index contributed by atoms with van der Waals surface area (Å²) in [6, 6.07) is 16.6. The second-order valence-electron chi connectivity index (χ2n) is 5.78. The van der Waals surface area contributed by atoms with E-state index in [9.17, 15) is 0 Å². The normalized spacial score (nSPS) is 10.0. The number of rotatable bonds is 7. The van der Waals surface area contributed by atoms with Gasteiger partial charge in [-0.2, -0.15) is 0 Å². The monoisotopic (exact) mass is 306 g/mol. The number of aryl methyl sites for hydroxylation is 1. The molecule has 23 heavy (non-hydrogen) atoms. The molecule has 0 fully saturated rings. The summed E-state index contributed by atoms with van der Waals surface area (Å²) in [6.07, 6.45) is 5.87. The first kappa shape index (κ1) is 17.2. The molecule has 0 aliphatic carbocycles. The van der Waals surface area contributed by atoms with Gasteiger partial charge in [0.15, 0.2) is 0 Å². The fraction of sp³-hybridized carbons (Fsp3) is 0.364. The highest BCUT2D eigenvalue weighted by Crippen LogP contribution is 2.12. The van der Waals surface area contributed by atoms with Gasteiger partial charge in [-0.05, 0) is 54.8 Å². The molecule has 0 N–H and O–H groups in total. The highest BCUT2D eigenvalue weighted by Gasteiger charge is 1.94. The van der Waals surface area contributed by atoms with Crippen molar-refractivity contribution < 1.29 is 4.74 Å². The van der Waals surface area contributed by atoms with Gasteiger partial charge < -0.3 is 4.74 Å². The standard InChI is InChI=1S/C22H26O/c1-3-5-6-18-23-22-16-14-21(15-17-22)13-12-20-10-8-19(7-4-2)9-11-20/h8-11,14-17H,3-7,18H2,1-2H3. The molecule has 2 aromatic rings. The maximum atomic E-state index is 5.71. The third kappa shape index (κ3) is 6.20. The van der Waals surface area contributed by atoms with Crippen molar-refractivity contribution in [2.45, 2.75) is 46.0 Å². The van der Waals surface area contributed by atoms with E-state index in [1.54, 1.807) is 0 Å². The highest BCUT2D eigenvalue weighted by atomic mass is 16.5. The number of benzene rings is 2. The van der Waals surface area contributed by atoms with Gasteiger partial charge in [-0.3, -0.25) is 0 Å². The lowest BCUT2D eigenvalue weighted by atomic mass is 10.1. The van der Waals surface area contributed by atoms with Crippen molar-refractivity contribution in [3.05, 3.63) is 65.2 Å². The van der Waals surface area contributed by atoms with E-state index in [0.717, 1.165) is 36.3 Å². The summed E-state index contributed by atoms with van der Waals surface area (Å²) < 4.78 is 5.71. The number of hydrogen-bond acceptors (Lipinski definition) is 1. The van der Waals surface area contributed by atoms with Gasteiger partial charge in [-0.15, -0.1) is 0 Å². The highest BCUT2D eigenvalue weighted by molar-refractivity contribution is 5.44. The van der Waals surface area contributed by atoms with E-state index in [-0.39, 0.29) is 0 Å². The van der Waals surface area contributed by atoms with Crippen LogP contribution < -0.4 is 4.74 Å². The van der Waals surface area contributed by atoms with Gasteiger partial charge in [0.1, 0.15) is 5.75 Å². The minimum atomic E-state index is 0.795. The Morgan fingerprint density at radius 2 is 1.35 bits per heavy atom. The molecule has 2 rings (SSSR count). The first-order chi connectivity index (χ1) is 11.3. The molecule has 0 radical (unpaired) electrons. The van der Waals surface area contributed by atoms with Gasteiger partial charge in [0.2, 0.25) is 0 Å². The predicted octanol–water partition coefficient (Wildman–Crippen LogP) is 5.61. The molecule has 1 nitrogen and oxygen atoms in total. The topological polar surface area (TPSA) is 9.23 Å². The third-order valence-electron chi connectivity index (χ3n) is 3.71. The van der Waals surface area contributed by atoms with E-state index in [0.29, 0.717) is 0 Å². The molecule has 0 saturated carbocycles. The van der Waals surface area contributed by atoms with Crippen molar-refractivity contribution in [1.29, 1.82) is 0 Å². The van der Waals surface area contributed by atoms with E-state index in [1.165, 1.54) is 24.8 Å². The minimum absolute atomic E-state index is 0.795. The van der Waals surface area contributed by atoms with Gasteiger partial charge in [0, 0.05) is 11.1 Å². The maximum Gasteiger partial charge on any atom is 0.119 e. The summed E-state index contributed by atoms with van der Waals surface area (Å²) in [5, 5.41) is 0. The quantitative estimate of drug-likeness (QED) is 0.477. The minimum Gasteiger partial charge on any atom is -0.494 e. The van der Waals surface area contributed by atoms with Crippen LogP contribution in [-0.4, -0.2) is 6.61 Å². The SMILES string of the molecule is CCCCCOc1ccc(C#Cc2ccc(CCC)cc2)cc1. The smallest absolute Gasteiger partial charge is 0.119 e. The average Bonchev–Trinajstić information content (AvgIpc) is 2.59. The molecule has 0 unspecified atom stereocenters. The van der Waals surface area contributed by atoms with Crippen LogP contribution in [0.15, 0.2) is 48.5 Å². The van der Waals surface area contributed by atoms with Crippen LogP contribution >= 0.6 is 0 Å². The Morgan fingerprint density at radius 1 is 0.739 bits per heavy atom. The van der Waals surface area contributed by atoms with Crippen LogP contribution in [0.1, 0.15) is 56.2 Å². The number of hydrogen-bond donors (Lipinski definition) is 0. The van der Waals surface area contributed by atoms with Crippen molar-refractivity contribution in [3.63, 3.8) is 0 Å².